The van der Waals surface area contributed by atoms with Crippen LogP contribution < -0.4 is 4.90 Å². The number of anilines is 2. The van der Waals surface area contributed by atoms with Crippen LogP contribution in [0.3, 0.4) is 0 Å². The zero-order chi connectivity index (χ0) is 14.7. The van der Waals surface area contributed by atoms with Crippen molar-refractivity contribution < 1.29 is 9.90 Å². The van der Waals surface area contributed by atoms with Gasteiger partial charge >= 0.3 is 5.97 Å². The molecular formula is C16H16BrNO2. The minimum Gasteiger partial charge on any atom is -0.478 e. The number of halogens is 1. The predicted molar refractivity (Wildman–Crippen MR) is 85.0 cm³/mol. The zero-order valence-corrected chi connectivity index (χ0v) is 13.0. The molecule has 0 fully saturated rings. The average molecular weight is 334 g/mol. The van der Waals surface area contributed by atoms with Gasteiger partial charge in [-0.25, -0.2) is 4.79 Å². The number of nitrogens with zero attached hydrogens (tertiary/aromatic N) is 1. The number of hydrogen-bond donors (Lipinski definition) is 1. The van der Waals surface area contributed by atoms with Crippen LogP contribution in [0.4, 0.5) is 11.4 Å². The Hall–Kier alpha value is -1.81. The number of rotatable bonds is 4. The van der Waals surface area contributed by atoms with Crippen molar-refractivity contribution in [1.29, 1.82) is 0 Å². The van der Waals surface area contributed by atoms with Crippen molar-refractivity contribution in [2.24, 2.45) is 0 Å². The normalized spacial score (nSPS) is 10.3. The maximum absolute atomic E-state index is 11.4. The first-order valence-corrected chi connectivity index (χ1v) is 7.19. The molecule has 0 aliphatic heterocycles. The van der Waals surface area contributed by atoms with Crippen molar-refractivity contribution in [2.45, 2.75) is 13.8 Å². The van der Waals surface area contributed by atoms with Gasteiger partial charge in [0.1, 0.15) is 0 Å². The van der Waals surface area contributed by atoms with Gasteiger partial charge in [-0.1, -0.05) is 33.6 Å². The highest BCUT2D eigenvalue weighted by atomic mass is 79.9. The molecule has 1 N–H and O–H groups in total. The van der Waals surface area contributed by atoms with Gasteiger partial charge in [-0.05, 0) is 44.2 Å². The van der Waals surface area contributed by atoms with E-state index in [9.17, 15) is 9.90 Å². The van der Waals surface area contributed by atoms with Crippen molar-refractivity contribution in [2.75, 3.05) is 11.4 Å². The van der Waals surface area contributed by atoms with Gasteiger partial charge in [0.2, 0.25) is 0 Å². The lowest BCUT2D eigenvalue weighted by Gasteiger charge is -2.25. The Morgan fingerprint density at radius 1 is 1.20 bits per heavy atom. The van der Waals surface area contributed by atoms with Crippen molar-refractivity contribution in [3.63, 3.8) is 0 Å². The third-order valence-electron chi connectivity index (χ3n) is 3.14. The molecule has 4 heteroatoms. The summed E-state index contributed by atoms with van der Waals surface area (Å²) in [6, 6.07) is 13.4. The third kappa shape index (κ3) is 3.02. The first-order chi connectivity index (χ1) is 9.52. The highest BCUT2D eigenvalue weighted by Crippen LogP contribution is 2.30. The number of benzene rings is 2. The van der Waals surface area contributed by atoms with Crippen molar-refractivity contribution in [1.82, 2.24) is 0 Å². The maximum atomic E-state index is 11.4. The Bertz CT molecular complexity index is 623. The SMILES string of the molecule is CCN(c1ccc(C)cc1)c1ccc(Br)cc1C(=O)O. The molecule has 0 saturated heterocycles. The summed E-state index contributed by atoms with van der Waals surface area (Å²) in [5, 5.41) is 9.38. The van der Waals surface area contributed by atoms with Crippen LogP contribution in [0.15, 0.2) is 46.9 Å². The molecule has 0 spiro atoms. The van der Waals surface area contributed by atoms with Gasteiger partial charge in [-0.2, -0.15) is 0 Å². The lowest BCUT2D eigenvalue weighted by Crippen LogP contribution is -2.19. The fourth-order valence-corrected chi connectivity index (χ4v) is 2.49. The summed E-state index contributed by atoms with van der Waals surface area (Å²) >= 11 is 3.32. The standard InChI is InChI=1S/C16H16BrNO2/c1-3-18(13-7-4-11(2)5-8-13)15-9-6-12(17)10-14(15)16(19)20/h4-10H,3H2,1-2H3,(H,19,20). The van der Waals surface area contributed by atoms with Crippen LogP contribution in [-0.4, -0.2) is 17.6 Å². The van der Waals surface area contributed by atoms with Crippen molar-refractivity contribution in [3.05, 3.63) is 58.1 Å². The van der Waals surface area contributed by atoms with Gasteiger partial charge in [0.05, 0.1) is 11.3 Å². The number of hydrogen-bond acceptors (Lipinski definition) is 2. The minimum absolute atomic E-state index is 0.293. The second-order valence-electron chi connectivity index (χ2n) is 4.55. The first-order valence-electron chi connectivity index (χ1n) is 6.40. The summed E-state index contributed by atoms with van der Waals surface area (Å²) in [4.78, 5) is 13.4. The number of carboxylic acids is 1. The quantitative estimate of drug-likeness (QED) is 0.887. The van der Waals surface area contributed by atoms with E-state index in [2.05, 4.69) is 15.9 Å². The molecule has 0 saturated carbocycles. The molecule has 2 aromatic rings. The van der Waals surface area contributed by atoms with Crippen LogP contribution >= 0.6 is 15.9 Å². The number of aryl methyl sites for hydroxylation is 1. The molecule has 0 atom stereocenters. The summed E-state index contributed by atoms with van der Waals surface area (Å²) in [5.41, 5.74) is 3.16. The monoisotopic (exact) mass is 333 g/mol. The van der Waals surface area contributed by atoms with Crippen LogP contribution in [-0.2, 0) is 0 Å². The minimum atomic E-state index is -0.924. The summed E-state index contributed by atoms with van der Waals surface area (Å²) < 4.78 is 0.763. The van der Waals surface area contributed by atoms with E-state index < -0.39 is 5.97 Å². The molecule has 0 aromatic heterocycles. The lowest BCUT2D eigenvalue weighted by molar-refractivity contribution is 0.0697. The van der Waals surface area contributed by atoms with Gasteiger partial charge in [0.25, 0.3) is 0 Å². The Morgan fingerprint density at radius 2 is 1.85 bits per heavy atom. The second kappa shape index (κ2) is 6.09. The van der Waals surface area contributed by atoms with E-state index in [1.165, 1.54) is 5.56 Å². The van der Waals surface area contributed by atoms with Crippen LogP contribution in [0.1, 0.15) is 22.8 Å². The molecule has 0 unspecified atom stereocenters. The Morgan fingerprint density at radius 3 is 2.40 bits per heavy atom. The van der Waals surface area contributed by atoms with E-state index in [1.54, 1.807) is 6.07 Å². The maximum Gasteiger partial charge on any atom is 0.337 e. The van der Waals surface area contributed by atoms with E-state index in [-0.39, 0.29) is 0 Å². The summed E-state index contributed by atoms with van der Waals surface area (Å²) in [6.45, 7) is 4.74. The number of carbonyl (C=O) groups is 1. The van der Waals surface area contributed by atoms with Crippen LogP contribution in [0, 0.1) is 6.92 Å². The Balaban J connectivity index is 2.51. The number of carboxylic acid groups (broad SMARTS) is 1. The van der Waals surface area contributed by atoms with E-state index in [1.807, 2.05) is 55.1 Å². The topological polar surface area (TPSA) is 40.5 Å². The summed E-state index contributed by atoms with van der Waals surface area (Å²) in [7, 11) is 0. The van der Waals surface area contributed by atoms with Crippen molar-refractivity contribution >= 4 is 33.3 Å². The van der Waals surface area contributed by atoms with Gasteiger partial charge < -0.3 is 10.0 Å². The average Bonchev–Trinajstić information content (AvgIpc) is 2.43. The predicted octanol–water partition coefficient (Wildman–Crippen LogP) is 4.61. The molecule has 20 heavy (non-hydrogen) atoms. The molecule has 0 amide bonds. The van der Waals surface area contributed by atoms with Gasteiger partial charge in [-0.3, -0.25) is 0 Å². The fourth-order valence-electron chi connectivity index (χ4n) is 2.13. The van der Waals surface area contributed by atoms with Crippen LogP contribution in [0.2, 0.25) is 0 Å². The molecule has 104 valence electrons. The summed E-state index contributed by atoms with van der Waals surface area (Å²) in [5.74, 6) is -0.924. The molecule has 0 heterocycles. The highest BCUT2D eigenvalue weighted by molar-refractivity contribution is 9.10. The Kier molecular flexibility index (Phi) is 4.45. The van der Waals surface area contributed by atoms with E-state index in [4.69, 9.17) is 0 Å². The fraction of sp³-hybridized carbons (Fsp3) is 0.188. The second-order valence-corrected chi connectivity index (χ2v) is 5.46. The summed E-state index contributed by atoms with van der Waals surface area (Å²) in [6.07, 6.45) is 0. The Labute approximate surface area is 127 Å². The molecule has 2 aromatic carbocycles. The molecule has 0 aliphatic carbocycles. The molecule has 0 bridgehead atoms. The number of aromatic carboxylic acids is 1. The zero-order valence-electron chi connectivity index (χ0n) is 11.4. The molecular weight excluding hydrogens is 318 g/mol. The van der Waals surface area contributed by atoms with Gasteiger partial charge in [-0.15, -0.1) is 0 Å². The van der Waals surface area contributed by atoms with E-state index in [0.29, 0.717) is 17.8 Å². The lowest BCUT2D eigenvalue weighted by atomic mass is 10.1. The molecule has 2 rings (SSSR count). The van der Waals surface area contributed by atoms with Gasteiger partial charge in [0.15, 0.2) is 0 Å². The third-order valence-corrected chi connectivity index (χ3v) is 3.63. The smallest absolute Gasteiger partial charge is 0.337 e. The molecule has 3 nitrogen and oxygen atoms in total. The first kappa shape index (κ1) is 14.6. The van der Waals surface area contributed by atoms with E-state index >= 15 is 0 Å². The van der Waals surface area contributed by atoms with Crippen molar-refractivity contribution in [3.8, 4) is 0 Å². The van der Waals surface area contributed by atoms with E-state index in [0.717, 1.165) is 10.2 Å². The molecule has 0 aliphatic rings. The molecule has 0 radical (unpaired) electrons. The van der Waals surface area contributed by atoms with Crippen LogP contribution in [0.25, 0.3) is 0 Å². The highest BCUT2D eigenvalue weighted by Gasteiger charge is 2.16. The van der Waals surface area contributed by atoms with Gasteiger partial charge in [0, 0.05) is 16.7 Å². The largest absolute Gasteiger partial charge is 0.478 e. The van der Waals surface area contributed by atoms with Crippen LogP contribution in [0.5, 0.6) is 0 Å².